The topological polar surface area (TPSA) is 58.5 Å². The smallest absolute Gasteiger partial charge is 0.285 e. The molecule has 1 aliphatic heterocycles. The number of nitrogens with one attached hydrogen (secondary N) is 1. The molecule has 0 atom stereocenters. The summed E-state index contributed by atoms with van der Waals surface area (Å²) in [5.74, 6) is 0.420. The van der Waals surface area contributed by atoms with Gasteiger partial charge in [0.15, 0.2) is 0 Å². The van der Waals surface area contributed by atoms with E-state index in [9.17, 15) is 8.42 Å². The highest BCUT2D eigenvalue weighted by atomic mass is 32.2. The van der Waals surface area contributed by atoms with Crippen molar-refractivity contribution in [3.8, 4) is 0 Å². The van der Waals surface area contributed by atoms with Crippen LogP contribution < -0.4 is 5.32 Å². The summed E-state index contributed by atoms with van der Waals surface area (Å²) in [7, 11) is -1.80. The molecule has 1 aromatic carbocycles. The van der Waals surface area contributed by atoms with Crippen LogP contribution in [0.1, 0.15) is 11.1 Å². The molecule has 1 heterocycles. The lowest BCUT2D eigenvalue weighted by atomic mass is 10.1. The normalized spacial score (nSPS) is 17.4. The molecule has 1 aliphatic rings. The minimum absolute atomic E-state index is 0.285. The van der Waals surface area contributed by atoms with Crippen LogP contribution in [0.2, 0.25) is 0 Å². The van der Waals surface area contributed by atoms with E-state index in [4.69, 9.17) is 0 Å². The number of benzene rings is 1. The number of fused-ring (bicyclic) bond motifs is 1. The minimum Gasteiger partial charge on any atom is -0.372 e. The lowest BCUT2D eigenvalue weighted by molar-refractivity contribution is 0.599. The molecular weight excluding hydrogens is 200 g/mol. The van der Waals surface area contributed by atoms with Gasteiger partial charge in [-0.25, -0.2) is 0 Å². The van der Waals surface area contributed by atoms with Gasteiger partial charge in [0.25, 0.3) is 10.0 Å². The van der Waals surface area contributed by atoms with Crippen LogP contribution in [0.15, 0.2) is 27.5 Å². The fourth-order valence-corrected chi connectivity index (χ4v) is 2.65. The van der Waals surface area contributed by atoms with Crippen molar-refractivity contribution < 1.29 is 8.42 Å². The van der Waals surface area contributed by atoms with E-state index in [0.29, 0.717) is 11.4 Å². The van der Waals surface area contributed by atoms with Crippen molar-refractivity contribution in [3.63, 3.8) is 0 Å². The molecule has 0 amide bonds. The lowest BCUT2D eigenvalue weighted by Crippen LogP contribution is -2.17. The van der Waals surface area contributed by atoms with Gasteiger partial charge in [-0.15, -0.1) is 4.40 Å². The SMILES string of the molecule is CNC1=NS(=O)(=O)c2ccc(C)cc21. The quantitative estimate of drug-likeness (QED) is 0.684. The molecule has 74 valence electrons. The summed E-state index contributed by atoms with van der Waals surface area (Å²) >= 11 is 0. The Morgan fingerprint density at radius 3 is 2.71 bits per heavy atom. The summed E-state index contributed by atoms with van der Waals surface area (Å²) in [4.78, 5) is 0.285. The Morgan fingerprint density at radius 1 is 1.36 bits per heavy atom. The fraction of sp³-hybridized carbons (Fsp3) is 0.222. The molecule has 1 N–H and O–H groups in total. The summed E-state index contributed by atoms with van der Waals surface area (Å²) in [5, 5.41) is 2.77. The molecule has 1 aromatic rings. The molecule has 0 saturated carbocycles. The second-order valence-corrected chi connectivity index (χ2v) is 4.74. The van der Waals surface area contributed by atoms with Crippen molar-refractivity contribution in [2.45, 2.75) is 11.8 Å². The number of sulfonamides is 1. The molecule has 0 unspecified atom stereocenters. The molecule has 14 heavy (non-hydrogen) atoms. The van der Waals surface area contributed by atoms with Crippen molar-refractivity contribution in [3.05, 3.63) is 29.3 Å². The summed E-state index contributed by atoms with van der Waals surface area (Å²) < 4.78 is 26.6. The summed E-state index contributed by atoms with van der Waals surface area (Å²) in [6.07, 6.45) is 0. The van der Waals surface area contributed by atoms with Crippen molar-refractivity contribution in [1.82, 2.24) is 5.32 Å². The highest BCUT2D eigenvalue weighted by Crippen LogP contribution is 2.25. The maximum atomic E-state index is 11.5. The first kappa shape index (κ1) is 9.21. The molecule has 0 aromatic heterocycles. The van der Waals surface area contributed by atoms with Gasteiger partial charge < -0.3 is 5.32 Å². The third-order valence-electron chi connectivity index (χ3n) is 2.12. The monoisotopic (exact) mass is 210 g/mol. The summed E-state index contributed by atoms with van der Waals surface area (Å²) in [6, 6.07) is 5.17. The lowest BCUT2D eigenvalue weighted by Gasteiger charge is -2.01. The van der Waals surface area contributed by atoms with Gasteiger partial charge in [0, 0.05) is 12.6 Å². The average molecular weight is 210 g/mol. The van der Waals surface area contributed by atoms with E-state index in [0.717, 1.165) is 5.56 Å². The number of hydrogen-bond acceptors (Lipinski definition) is 3. The molecule has 4 nitrogen and oxygen atoms in total. The number of nitrogens with zero attached hydrogens (tertiary/aromatic N) is 1. The first-order valence-corrected chi connectivity index (χ1v) is 5.62. The van der Waals surface area contributed by atoms with Gasteiger partial charge in [-0.1, -0.05) is 11.6 Å². The maximum absolute atomic E-state index is 11.5. The van der Waals surface area contributed by atoms with E-state index in [1.165, 1.54) is 0 Å². The first-order chi connectivity index (χ1) is 6.54. The van der Waals surface area contributed by atoms with Gasteiger partial charge in [0.2, 0.25) is 0 Å². The molecule has 0 aliphatic carbocycles. The molecule has 0 spiro atoms. The highest BCUT2D eigenvalue weighted by molar-refractivity contribution is 7.90. The largest absolute Gasteiger partial charge is 0.372 e. The van der Waals surface area contributed by atoms with E-state index in [1.54, 1.807) is 19.2 Å². The highest BCUT2D eigenvalue weighted by Gasteiger charge is 2.27. The Bertz CT molecular complexity index is 518. The van der Waals surface area contributed by atoms with Crippen LogP contribution in [-0.4, -0.2) is 21.3 Å². The van der Waals surface area contributed by atoms with E-state index in [1.807, 2.05) is 13.0 Å². The van der Waals surface area contributed by atoms with Gasteiger partial charge in [0.05, 0.1) is 0 Å². The average Bonchev–Trinajstić information content (AvgIpc) is 2.37. The van der Waals surface area contributed by atoms with Crippen molar-refractivity contribution in [2.24, 2.45) is 4.40 Å². The molecule has 0 radical (unpaired) electrons. The second kappa shape index (κ2) is 2.81. The zero-order chi connectivity index (χ0) is 10.3. The molecule has 2 rings (SSSR count). The molecule has 0 saturated heterocycles. The summed E-state index contributed by atoms with van der Waals surface area (Å²) in [5.41, 5.74) is 1.68. The van der Waals surface area contributed by atoms with E-state index in [2.05, 4.69) is 9.71 Å². The molecule has 0 fully saturated rings. The Balaban J connectivity index is 2.75. The Kier molecular flexibility index (Phi) is 1.85. The van der Waals surface area contributed by atoms with Crippen LogP contribution in [0, 0.1) is 6.92 Å². The third kappa shape index (κ3) is 1.21. The zero-order valence-corrected chi connectivity index (χ0v) is 8.72. The van der Waals surface area contributed by atoms with Crippen LogP contribution in [0.4, 0.5) is 0 Å². The van der Waals surface area contributed by atoms with E-state index < -0.39 is 10.0 Å². The maximum Gasteiger partial charge on any atom is 0.285 e. The number of amidine groups is 1. The molecular formula is C9H10N2O2S. The number of rotatable bonds is 0. The van der Waals surface area contributed by atoms with Gasteiger partial charge >= 0.3 is 0 Å². The number of hydrogen-bond donors (Lipinski definition) is 1. The summed E-state index contributed by atoms with van der Waals surface area (Å²) in [6.45, 7) is 1.92. The Morgan fingerprint density at radius 2 is 2.07 bits per heavy atom. The van der Waals surface area contributed by atoms with Crippen molar-refractivity contribution in [1.29, 1.82) is 0 Å². The number of aryl methyl sites for hydroxylation is 1. The van der Waals surface area contributed by atoms with E-state index >= 15 is 0 Å². The predicted octanol–water partition coefficient (Wildman–Crippen LogP) is 0.663. The van der Waals surface area contributed by atoms with Crippen LogP contribution >= 0.6 is 0 Å². The van der Waals surface area contributed by atoms with Crippen molar-refractivity contribution in [2.75, 3.05) is 7.05 Å². The van der Waals surface area contributed by atoms with Crippen LogP contribution in [0.3, 0.4) is 0 Å². The Hall–Kier alpha value is -1.36. The van der Waals surface area contributed by atoms with Crippen molar-refractivity contribution >= 4 is 15.9 Å². The van der Waals surface area contributed by atoms with Crippen LogP contribution in [0.25, 0.3) is 0 Å². The van der Waals surface area contributed by atoms with E-state index in [-0.39, 0.29) is 4.90 Å². The minimum atomic E-state index is -3.46. The van der Waals surface area contributed by atoms with Crippen LogP contribution in [-0.2, 0) is 10.0 Å². The van der Waals surface area contributed by atoms with Gasteiger partial charge in [-0.2, -0.15) is 8.42 Å². The molecule has 5 heteroatoms. The predicted molar refractivity (Wildman–Crippen MR) is 54.0 cm³/mol. The van der Waals surface area contributed by atoms with Gasteiger partial charge in [0.1, 0.15) is 10.7 Å². The zero-order valence-electron chi connectivity index (χ0n) is 7.90. The third-order valence-corrected chi connectivity index (χ3v) is 3.45. The molecule has 0 bridgehead atoms. The standard InChI is InChI=1S/C9H10N2O2S/c1-6-3-4-8-7(5-6)9(10-2)11-14(8,12)13/h3-5H,1-2H3,(H,10,11). The van der Waals surface area contributed by atoms with Crippen LogP contribution in [0.5, 0.6) is 0 Å². The first-order valence-electron chi connectivity index (χ1n) is 4.18. The fourth-order valence-electron chi connectivity index (χ4n) is 1.45. The van der Waals surface area contributed by atoms with Gasteiger partial charge in [-0.05, 0) is 19.1 Å². The van der Waals surface area contributed by atoms with Gasteiger partial charge in [-0.3, -0.25) is 0 Å². The second-order valence-electron chi connectivity index (χ2n) is 3.16. The Labute approximate surface area is 82.7 Å².